The summed E-state index contributed by atoms with van der Waals surface area (Å²) in [5, 5.41) is 0.440. The minimum Gasteiger partial charge on any atom is -0.460 e. The van der Waals surface area contributed by atoms with Crippen molar-refractivity contribution in [3.8, 4) is 11.1 Å². The Morgan fingerprint density at radius 2 is 2.00 bits per heavy atom. The smallest absolute Gasteiger partial charge is 0.374 e. The molecule has 0 aliphatic rings. The van der Waals surface area contributed by atoms with Crippen LogP contribution in [0.3, 0.4) is 0 Å². The molecular formula is C15H13BrO4. The third kappa shape index (κ3) is 2.99. The maximum Gasteiger partial charge on any atom is 0.374 e. The highest BCUT2D eigenvalue weighted by Gasteiger charge is 2.17. The molecule has 1 aromatic heterocycles. The molecule has 4 nitrogen and oxygen atoms in total. The van der Waals surface area contributed by atoms with Crippen LogP contribution in [-0.2, 0) is 10.1 Å². The summed E-state index contributed by atoms with van der Waals surface area (Å²) in [5.74, 6) is -0.711. The molecule has 2 rings (SSSR count). The van der Waals surface area contributed by atoms with Gasteiger partial charge in [0.1, 0.15) is 0 Å². The standard InChI is InChI=1S/C15H13BrO4/c1-2-19-14(17)12-8-11(9-16)13(15(18)20-12)10-6-4-3-5-7-10/h3-8H,2,9H2,1H3. The number of esters is 1. The lowest BCUT2D eigenvalue weighted by Gasteiger charge is -2.07. The molecule has 1 heterocycles. The molecule has 2 aromatic rings. The molecular weight excluding hydrogens is 324 g/mol. The summed E-state index contributed by atoms with van der Waals surface area (Å²) >= 11 is 3.33. The van der Waals surface area contributed by atoms with Crippen molar-refractivity contribution in [1.82, 2.24) is 0 Å². The third-order valence-corrected chi connectivity index (χ3v) is 3.32. The van der Waals surface area contributed by atoms with Gasteiger partial charge in [-0.3, -0.25) is 0 Å². The van der Waals surface area contributed by atoms with E-state index < -0.39 is 11.6 Å². The summed E-state index contributed by atoms with van der Waals surface area (Å²) < 4.78 is 9.91. The molecule has 0 saturated carbocycles. The highest BCUT2D eigenvalue weighted by molar-refractivity contribution is 9.08. The van der Waals surface area contributed by atoms with Gasteiger partial charge in [0.25, 0.3) is 0 Å². The Labute approximate surface area is 124 Å². The van der Waals surface area contributed by atoms with Crippen molar-refractivity contribution in [2.75, 3.05) is 6.61 Å². The number of carbonyl (C=O) groups excluding carboxylic acids is 1. The first kappa shape index (κ1) is 14.5. The number of ether oxygens (including phenoxy) is 1. The molecule has 0 unspecified atom stereocenters. The van der Waals surface area contributed by atoms with Crippen LogP contribution in [0.4, 0.5) is 0 Å². The van der Waals surface area contributed by atoms with E-state index >= 15 is 0 Å². The van der Waals surface area contributed by atoms with Crippen molar-refractivity contribution in [2.24, 2.45) is 0 Å². The van der Waals surface area contributed by atoms with E-state index in [-0.39, 0.29) is 12.4 Å². The van der Waals surface area contributed by atoms with Crippen LogP contribution in [0.15, 0.2) is 45.6 Å². The van der Waals surface area contributed by atoms with Crippen molar-refractivity contribution in [1.29, 1.82) is 0 Å². The third-order valence-electron chi connectivity index (χ3n) is 2.72. The summed E-state index contributed by atoms with van der Waals surface area (Å²) in [4.78, 5) is 23.8. The highest BCUT2D eigenvalue weighted by Crippen LogP contribution is 2.23. The number of hydrogen-bond acceptors (Lipinski definition) is 4. The number of rotatable bonds is 4. The lowest BCUT2D eigenvalue weighted by molar-refractivity contribution is 0.0484. The molecule has 0 amide bonds. The Bertz CT molecular complexity index is 661. The zero-order valence-corrected chi connectivity index (χ0v) is 12.5. The predicted molar refractivity (Wildman–Crippen MR) is 79.0 cm³/mol. The van der Waals surface area contributed by atoms with Crippen LogP contribution >= 0.6 is 15.9 Å². The lowest BCUT2D eigenvalue weighted by atomic mass is 10.0. The Balaban J connectivity index is 2.55. The van der Waals surface area contributed by atoms with Gasteiger partial charge in [-0.15, -0.1) is 0 Å². The molecule has 0 N–H and O–H groups in total. The van der Waals surface area contributed by atoms with Crippen LogP contribution < -0.4 is 5.63 Å². The minimum atomic E-state index is -0.633. The molecule has 104 valence electrons. The Kier molecular flexibility index (Phi) is 4.74. The van der Waals surface area contributed by atoms with Crippen molar-refractivity contribution in [3.63, 3.8) is 0 Å². The van der Waals surface area contributed by atoms with Gasteiger partial charge >= 0.3 is 11.6 Å². The van der Waals surface area contributed by atoms with Crippen molar-refractivity contribution >= 4 is 21.9 Å². The van der Waals surface area contributed by atoms with Gasteiger partial charge < -0.3 is 9.15 Å². The quantitative estimate of drug-likeness (QED) is 0.634. The fourth-order valence-electron chi connectivity index (χ4n) is 1.86. The van der Waals surface area contributed by atoms with E-state index in [9.17, 15) is 9.59 Å². The zero-order valence-electron chi connectivity index (χ0n) is 10.9. The summed E-state index contributed by atoms with van der Waals surface area (Å²) in [6.45, 7) is 1.92. The monoisotopic (exact) mass is 336 g/mol. The van der Waals surface area contributed by atoms with E-state index in [0.717, 1.165) is 5.56 Å². The summed E-state index contributed by atoms with van der Waals surface area (Å²) in [6, 6.07) is 10.7. The molecule has 5 heteroatoms. The molecule has 0 aliphatic heterocycles. The highest BCUT2D eigenvalue weighted by atomic mass is 79.9. The van der Waals surface area contributed by atoms with E-state index in [1.54, 1.807) is 6.92 Å². The molecule has 0 radical (unpaired) electrons. The molecule has 0 fully saturated rings. The van der Waals surface area contributed by atoms with Crippen molar-refractivity contribution in [2.45, 2.75) is 12.3 Å². The van der Waals surface area contributed by atoms with Gasteiger partial charge in [-0.2, -0.15) is 0 Å². The fourth-order valence-corrected chi connectivity index (χ4v) is 2.30. The fraction of sp³-hybridized carbons (Fsp3) is 0.200. The Hall–Kier alpha value is -1.88. The van der Waals surface area contributed by atoms with Crippen LogP contribution in [0.2, 0.25) is 0 Å². The van der Waals surface area contributed by atoms with Gasteiger partial charge in [0.05, 0.1) is 12.2 Å². The van der Waals surface area contributed by atoms with Crippen LogP contribution in [0, 0.1) is 0 Å². The summed E-state index contributed by atoms with van der Waals surface area (Å²) in [7, 11) is 0. The molecule has 0 spiro atoms. The van der Waals surface area contributed by atoms with Gasteiger partial charge in [0.15, 0.2) is 0 Å². The number of benzene rings is 1. The van der Waals surface area contributed by atoms with Gasteiger partial charge in [0.2, 0.25) is 5.76 Å². The minimum absolute atomic E-state index is 0.0778. The van der Waals surface area contributed by atoms with Gasteiger partial charge in [-0.25, -0.2) is 9.59 Å². The van der Waals surface area contributed by atoms with Gasteiger partial charge in [-0.05, 0) is 24.1 Å². The Morgan fingerprint density at radius 3 is 2.60 bits per heavy atom. The molecule has 0 atom stereocenters. The van der Waals surface area contributed by atoms with E-state index in [2.05, 4.69) is 15.9 Å². The number of hydrogen-bond donors (Lipinski definition) is 0. The van der Waals surface area contributed by atoms with E-state index in [1.807, 2.05) is 30.3 Å². The second-order valence-electron chi connectivity index (χ2n) is 4.02. The molecule has 20 heavy (non-hydrogen) atoms. The van der Waals surface area contributed by atoms with Gasteiger partial charge in [-0.1, -0.05) is 46.3 Å². The van der Waals surface area contributed by atoms with E-state index in [0.29, 0.717) is 16.5 Å². The first-order valence-corrected chi connectivity index (χ1v) is 7.25. The summed E-state index contributed by atoms with van der Waals surface area (Å²) in [6.07, 6.45) is 0. The molecule has 0 aliphatic carbocycles. The van der Waals surface area contributed by atoms with E-state index in [4.69, 9.17) is 9.15 Å². The second-order valence-corrected chi connectivity index (χ2v) is 4.58. The maximum absolute atomic E-state index is 12.1. The zero-order chi connectivity index (χ0) is 14.5. The average Bonchev–Trinajstić information content (AvgIpc) is 2.47. The molecule has 1 aromatic carbocycles. The van der Waals surface area contributed by atoms with E-state index in [1.165, 1.54) is 6.07 Å². The summed E-state index contributed by atoms with van der Waals surface area (Å²) in [5.41, 5.74) is 1.35. The topological polar surface area (TPSA) is 56.5 Å². The number of halogens is 1. The van der Waals surface area contributed by atoms with Crippen LogP contribution in [-0.4, -0.2) is 12.6 Å². The lowest BCUT2D eigenvalue weighted by Crippen LogP contribution is -2.13. The largest absolute Gasteiger partial charge is 0.460 e. The number of alkyl halides is 1. The number of carbonyl (C=O) groups is 1. The molecule has 0 bridgehead atoms. The average molecular weight is 337 g/mol. The van der Waals surface area contributed by atoms with Crippen LogP contribution in [0.5, 0.6) is 0 Å². The maximum atomic E-state index is 12.1. The first-order valence-electron chi connectivity index (χ1n) is 6.13. The second kappa shape index (κ2) is 6.52. The van der Waals surface area contributed by atoms with Crippen LogP contribution in [0.25, 0.3) is 11.1 Å². The van der Waals surface area contributed by atoms with Gasteiger partial charge in [0, 0.05) is 5.33 Å². The molecule has 0 saturated heterocycles. The Morgan fingerprint density at radius 1 is 1.30 bits per heavy atom. The SMILES string of the molecule is CCOC(=O)c1cc(CBr)c(-c2ccccc2)c(=O)o1. The van der Waals surface area contributed by atoms with Crippen LogP contribution in [0.1, 0.15) is 23.0 Å². The van der Waals surface area contributed by atoms with Crippen molar-refractivity contribution in [3.05, 3.63) is 58.1 Å². The normalized spacial score (nSPS) is 10.3. The predicted octanol–water partition coefficient (Wildman–Crippen LogP) is 3.38. The van der Waals surface area contributed by atoms with Crippen molar-refractivity contribution < 1.29 is 13.9 Å². The first-order chi connectivity index (χ1) is 9.67.